The molecule has 1 N–H and O–H groups in total. The molecule has 1 heterocycles. The first-order chi connectivity index (χ1) is 11.9. The molecule has 4 rings (SSSR count). The Morgan fingerprint density at radius 1 is 0.960 bits per heavy atom. The van der Waals surface area contributed by atoms with Crippen LogP contribution in [0.5, 0.6) is 0 Å². The summed E-state index contributed by atoms with van der Waals surface area (Å²) in [6.07, 6.45) is 0. The van der Waals surface area contributed by atoms with Crippen molar-refractivity contribution in [1.82, 2.24) is 4.98 Å². The van der Waals surface area contributed by atoms with Crippen molar-refractivity contribution in [3.8, 4) is 0 Å². The van der Waals surface area contributed by atoms with Crippen molar-refractivity contribution >= 4 is 38.1 Å². The number of hydrogen-bond acceptors (Lipinski definition) is 6. The number of pyridine rings is 1. The van der Waals surface area contributed by atoms with Crippen LogP contribution >= 0.6 is 0 Å². The second-order valence-corrected chi connectivity index (χ2v) is 6.98. The second-order valence-electron chi connectivity index (χ2n) is 5.60. The van der Waals surface area contributed by atoms with Crippen LogP contribution in [0.4, 0.5) is 0 Å². The van der Waals surface area contributed by atoms with Crippen molar-refractivity contribution < 1.29 is 22.9 Å². The summed E-state index contributed by atoms with van der Waals surface area (Å²) < 4.78 is 33.3. The molecule has 0 amide bonds. The van der Waals surface area contributed by atoms with Gasteiger partial charge in [0.25, 0.3) is 0 Å². The van der Waals surface area contributed by atoms with Crippen LogP contribution in [0.15, 0.2) is 59.5 Å². The summed E-state index contributed by atoms with van der Waals surface area (Å²) in [4.78, 5) is 16.5. The summed E-state index contributed by atoms with van der Waals surface area (Å²) in [5.74, 6) is -0.454. The fourth-order valence-electron chi connectivity index (χ4n) is 2.90. The Morgan fingerprint density at radius 2 is 1.68 bits per heavy atom. The Hall–Kier alpha value is -3.03. The smallest absolute Gasteiger partial charge is 0.199 e. The van der Waals surface area contributed by atoms with E-state index in [-0.39, 0.29) is 27.7 Å². The molecule has 0 fully saturated rings. The summed E-state index contributed by atoms with van der Waals surface area (Å²) in [6, 6.07) is 13.6. The number of allylic oxidation sites excluding steroid dienone is 1. The zero-order valence-corrected chi connectivity index (χ0v) is 13.4. The average molecular weight is 352 g/mol. The fourth-order valence-corrected chi connectivity index (χ4v) is 3.41. The highest BCUT2D eigenvalue weighted by atomic mass is 32.2. The van der Waals surface area contributed by atoms with E-state index in [1.807, 2.05) is 0 Å². The van der Waals surface area contributed by atoms with Gasteiger partial charge in [0.15, 0.2) is 5.78 Å². The lowest BCUT2D eigenvalue weighted by Gasteiger charge is -2.09. The molecule has 1 aliphatic rings. The maximum Gasteiger partial charge on any atom is 0.199 e. The monoisotopic (exact) mass is 352 g/mol. The SMILES string of the molecule is O=C1C(c2ccc3cc(S(=O)(=O)[O-])ccc3n2)=C(O)c2ccccc21. The molecule has 1 aliphatic carbocycles. The van der Waals surface area contributed by atoms with E-state index in [4.69, 9.17) is 0 Å². The highest BCUT2D eigenvalue weighted by molar-refractivity contribution is 7.85. The van der Waals surface area contributed by atoms with Gasteiger partial charge in [0.05, 0.1) is 21.7 Å². The number of Topliss-reactive ketones (excluding diaryl/α,β-unsaturated/α-hetero) is 1. The average Bonchev–Trinajstić information content (AvgIpc) is 2.85. The molecule has 2 aromatic carbocycles. The number of rotatable bonds is 2. The van der Waals surface area contributed by atoms with Gasteiger partial charge in [-0.2, -0.15) is 0 Å². The molecular formula is C18H10NO5S-. The van der Waals surface area contributed by atoms with Gasteiger partial charge in [-0.15, -0.1) is 0 Å². The number of aromatic nitrogens is 1. The molecule has 0 bridgehead atoms. The molecule has 6 nitrogen and oxygen atoms in total. The van der Waals surface area contributed by atoms with Crippen LogP contribution in [0, 0.1) is 0 Å². The van der Waals surface area contributed by atoms with Crippen molar-refractivity contribution in [3.63, 3.8) is 0 Å². The normalized spacial score (nSPS) is 14.2. The Balaban J connectivity index is 1.87. The molecule has 0 spiro atoms. The fraction of sp³-hybridized carbons (Fsp3) is 0. The number of carbonyl (C=O) groups excluding carboxylic acids is 1. The minimum atomic E-state index is -4.56. The first kappa shape index (κ1) is 15.5. The van der Waals surface area contributed by atoms with E-state index in [2.05, 4.69) is 4.98 Å². The minimum Gasteiger partial charge on any atom is -0.744 e. The summed E-state index contributed by atoms with van der Waals surface area (Å²) >= 11 is 0. The van der Waals surface area contributed by atoms with E-state index in [9.17, 15) is 22.9 Å². The van der Waals surface area contributed by atoms with Crippen LogP contribution in [0.25, 0.3) is 22.2 Å². The maximum atomic E-state index is 12.6. The maximum absolute atomic E-state index is 12.6. The summed E-state index contributed by atoms with van der Waals surface area (Å²) in [6.45, 7) is 0. The van der Waals surface area contributed by atoms with Crippen LogP contribution in [-0.2, 0) is 10.1 Å². The number of carbonyl (C=O) groups is 1. The highest BCUT2D eigenvalue weighted by Crippen LogP contribution is 2.36. The molecule has 0 saturated carbocycles. The Labute approximate surface area is 142 Å². The third kappa shape index (κ3) is 2.41. The molecular weight excluding hydrogens is 342 g/mol. The number of aliphatic hydroxyl groups excluding tert-OH is 1. The van der Waals surface area contributed by atoms with Gasteiger partial charge in [-0.25, -0.2) is 13.4 Å². The molecule has 0 radical (unpaired) electrons. The van der Waals surface area contributed by atoms with Gasteiger partial charge in [-0.05, 0) is 24.3 Å². The first-order valence-electron chi connectivity index (χ1n) is 7.31. The third-order valence-electron chi connectivity index (χ3n) is 4.10. The van der Waals surface area contributed by atoms with Gasteiger partial charge in [0.2, 0.25) is 0 Å². The van der Waals surface area contributed by atoms with E-state index >= 15 is 0 Å². The van der Waals surface area contributed by atoms with Gasteiger partial charge in [0, 0.05) is 16.5 Å². The van der Waals surface area contributed by atoms with Crippen molar-refractivity contribution in [2.45, 2.75) is 4.90 Å². The van der Waals surface area contributed by atoms with Crippen molar-refractivity contribution in [3.05, 3.63) is 71.4 Å². The standard InChI is InChI=1S/C18H11NO5S/c20-17-12-3-1-2-4-13(12)18(21)16(17)15-7-5-10-9-11(25(22,23)24)6-8-14(10)19-15/h1-9,20H,(H,22,23,24)/p-1. The molecule has 124 valence electrons. The number of aliphatic hydroxyl groups is 1. The van der Waals surface area contributed by atoms with E-state index in [0.29, 0.717) is 22.0 Å². The van der Waals surface area contributed by atoms with E-state index in [1.54, 1.807) is 30.3 Å². The van der Waals surface area contributed by atoms with Gasteiger partial charge >= 0.3 is 0 Å². The largest absolute Gasteiger partial charge is 0.744 e. The third-order valence-corrected chi connectivity index (χ3v) is 4.93. The van der Waals surface area contributed by atoms with Crippen LogP contribution < -0.4 is 0 Å². The van der Waals surface area contributed by atoms with Crippen molar-refractivity contribution in [1.29, 1.82) is 0 Å². The molecule has 0 aliphatic heterocycles. The zero-order chi connectivity index (χ0) is 17.8. The number of ketones is 1. The predicted molar refractivity (Wildman–Crippen MR) is 89.9 cm³/mol. The number of benzene rings is 2. The molecule has 3 aromatic rings. The topological polar surface area (TPSA) is 107 Å². The molecule has 25 heavy (non-hydrogen) atoms. The van der Waals surface area contributed by atoms with E-state index < -0.39 is 10.1 Å². The number of hydrogen-bond donors (Lipinski definition) is 1. The van der Waals surface area contributed by atoms with Crippen molar-refractivity contribution in [2.24, 2.45) is 0 Å². The lowest BCUT2D eigenvalue weighted by atomic mass is 10.1. The van der Waals surface area contributed by atoms with E-state index in [1.165, 1.54) is 24.3 Å². The summed E-state index contributed by atoms with van der Waals surface area (Å²) in [5, 5.41) is 10.8. The Bertz CT molecular complexity index is 1200. The van der Waals surface area contributed by atoms with Gasteiger partial charge in [0.1, 0.15) is 15.9 Å². The molecule has 1 aromatic heterocycles. The lowest BCUT2D eigenvalue weighted by Crippen LogP contribution is -2.01. The highest BCUT2D eigenvalue weighted by Gasteiger charge is 2.31. The molecule has 7 heteroatoms. The van der Waals surface area contributed by atoms with Crippen LogP contribution in [0.2, 0.25) is 0 Å². The number of fused-ring (bicyclic) bond motifs is 2. The molecule has 0 atom stereocenters. The second kappa shape index (κ2) is 5.23. The summed E-state index contributed by atoms with van der Waals surface area (Å²) in [7, 11) is -4.56. The molecule has 0 unspecified atom stereocenters. The minimum absolute atomic E-state index is 0.101. The predicted octanol–water partition coefficient (Wildman–Crippen LogP) is 2.76. The summed E-state index contributed by atoms with van der Waals surface area (Å²) in [5.41, 5.74) is 1.66. The quantitative estimate of drug-likeness (QED) is 0.711. The lowest BCUT2D eigenvalue weighted by molar-refractivity contribution is 0.105. The van der Waals surface area contributed by atoms with Gasteiger partial charge in [-0.1, -0.05) is 30.3 Å². The van der Waals surface area contributed by atoms with Crippen LogP contribution in [-0.4, -0.2) is 28.8 Å². The van der Waals surface area contributed by atoms with Crippen LogP contribution in [0.3, 0.4) is 0 Å². The first-order valence-corrected chi connectivity index (χ1v) is 8.71. The number of nitrogens with zero attached hydrogens (tertiary/aromatic N) is 1. The van der Waals surface area contributed by atoms with E-state index in [0.717, 1.165) is 0 Å². The Kier molecular flexibility index (Phi) is 3.24. The zero-order valence-electron chi connectivity index (χ0n) is 12.6. The van der Waals surface area contributed by atoms with Gasteiger partial charge in [-0.3, -0.25) is 4.79 Å². The van der Waals surface area contributed by atoms with Crippen molar-refractivity contribution in [2.75, 3.05) is 0 Å². The Morgan fingerprint density at radius 3 is 2.36 bits per heavy atom. The van der Waals surface area contributed by atoms with Gasteiger partial charge < -0.3 is 9.66 Å². The molecule has 0 saturated heterocycles. The van der Waals surface area contributed by atoms with Crippen LogP contribution in [0.1, 0.15) is 21.6 Å².